The first-order valence-electron chi connectivity index (χ1n) is 6.01. The Labute approximate surface area is 144 Å². The van der Waals surface area contributed by atoms with Gasteiger partial charge in [0.25, 0.3) is 0 Å². The molecule has 0 radical (unpaired) electrons. The Balaban J connectivity index is 2.04. The Bertz CT molecular complexity index is 580. The van der Waals surface area contributed by atoms with Crippen molar-refractivity contribution in [1.82, 2.24) is 5.32 Å². The number of thiophene rings is 1. The summed E-state index contributed by atoms with van der Waals surface area (Å²) in [5.41, 5.74) is 1.18. The lowest BCUT2D eigenvalue weighted by Gasteiger charge is -2.14. The van der Waals surface area contributed by atoms with Crippen molar-refractivity contribution in [2.24, 2.45) is 0 Å². The van der Waals surface area contributed by atoms with E-state index in [9.17, 15) is 0 Å². The second-order valence-corrected chi connectivity index (χ2v) is 7.79. The van der Waals surface area contributed by atoms with E-state index >= 15 is 0 Å². The predicted octanol–water partition coefficient (Wildman–Crippen LogP) is 5.79. The molecule has 0 aliphatic rings. The number of hydrogen-bond acceptors (Lipinski definition) is 3. The summed E-state index contributed by atoms with van der Waals surface area (Å²) in [4.78, 5) is 1.24. The Hall–Kier alpha value is -0.0700. The fourth-order valence-corrected chi connectivity index (χ4v) is 4.53. The second-order valence-electron chi connectivity index (χ2n) is 4.34. The average Bonchev–Trinajstić information content (AvgIpc) is 2.82. The number of hydrogen-bond donors (Lipinski definition) is 1. The number of methoxy groups -OCH3 is 1. The maximum absolute atomic E-state index is 5.96. The third-order valence-corrected chi connectivity index (χ3v) is 5.49. The van der Waals surface area contributed by atoms with Crippen molar-refractivity contribution in [3.8, 4) is 5.75 Å². The van der Waals surface area contributed by atoms with Crippen LogP contribution in [-0.4, -0.2) is 7.11 Å². The van der Waals surface area contributed by atoms with Crippen LogP contribution in [0.5, 0.6) is 5.75 Å². The monoisotopic (exact) mass is 437 g/mol. The molecule has 0 saturated carbocycles. The molecule has 108 valence electrons. The van der Waals surface area contributed by atoms with Crippen molar-refractivity contribution in [2.75, 3.05) is 7.11 Å². The topological polar surface area (TPSA) is 21.3 Å². The van der Waals surface area contributed by atoms with Crippen LogP contribution in [0.1, 0.15) is 23.4 Å². The van der Waals surface area contributed by atoms with Crippen molar-refractivity contribution in [3.05, 3.63) is 48.0 Å². The van der Waals surface area contributed by atoms with E-state index in [2.05, 4.69) is 62.3 Å². The highest BCUT2D eigenvalue weighted by molar-refractivity contribution is 9.11. The molecule has 2 rings (SSSR count). The van der Waals surface area contributed by atoms with E-state index in [1.165, 1.54) is 10.4 Å². The van der Waals surface area contributed by atoms with Crippen LogP contribution in [-0.2, 0) is 6.54 Å². The summed E-state index contributed by atoms with van der Waals surface area (Å²) in [5.74, 6) is 0.812. The van der Waals surface area contributed by atoms with Gasteiger partial charge in [-0.15, -0.1) is 11.3 Å². The molecule has 6 heteroatoms. The Morgan fingerprint density at radius 3 is 2.45 bits per heavy atom. The molecule has 0 saturated heterocycles. The summed E-state index contributed by atoms with van der Waals surface area (Å²) in [7, 11) is 1.66. The minimum atomic E-state index is 0.271. The third-order valence-electron chi connectivity index (χ3n) is 2.90. The van der Waals surface area contributed by atoms with Gasteiger partial charge in [-0.05, 0) is 68.6 Å². The molecule has 1 unspecified atom stereocenters. The lowest BCUT2D eigenvalue weighted by molar-refractivity contribution is 0.409. The highest BCUT2D eigenvalue weighted by atomic mass is 79.9. The molecule has 0 fully saturated rings. The molecule has 1 N–H and O–H groups in total. The van der Waals surface area contributed by atoms with E-state index in [0.29, 0.717) is 0 Å². The van der Waals surface area contributed by atoms with Crippen LogP contribution >= 0.6 is 54.8 Å². The van der Waals surface area contributed by atoms with Gasteiger partial charge in [-0.1, -0.05) is 11.6 Å². The van der Waals surface area contributed by atoms with Gasteiger partial charge < -0.3 is 10.1 Å². The minimum Gasteiger partial charge on any atom is -0.494 e. The maximum Gasteiger partial charge on any atom is 0.147 e. The first kappa shape index (κ1) is 16.3. The summed E-state index contributed by atoms with van der Waals surface area (Å²) in [6.45, 7) is 2.91. The average molecular weight is 440 g/mol. The number of ether oxygens (including phenoxy) is 1. The standard InChI is InChI=1S/C14H14Br2ClNOS/c1-8(12-3-4-13(17)20-12)18-7-9-5-10(15)14(19-2)11(16)6-9/h3-6,8,18H,7H2,1-2H3. The number of nitrogens with one attached hydrogen (secondary N) is 1. The van der Waals surface area contributed by atoms with Gasteiger partial charge >= 0.3 is 0 Å². The molecule has 2 nitrogen and oxygen atoms in total. The Morgan fingerprint density at radius 2 is 1.95 bits per heavy atom. The zero-order valence-corrected chi connectivity index (χ0v) is 15.8. The van der Waals surface area contributed by atoms with E-state index in [-0.39, 0.29) is 6.04 Å². The zero-order chi connectivity index (χ0) is 14.7. The zero-order valence-electron chi connectivity index (χ0n) is 11.0. The van der Waals surface area contributed by atoms with Gasteiger partial charge in [0, 0.05) is 17.5 Å². The van der Waals surface area contributed by atoms with Crippen molar-refractivity contribution < 1.29 is 4.74 Å². The lowest BCUT2D eigenvalue weighted by Crippen LogP contribution is -2.17. The highest BCUT2D eigenvalue weighted by Gasteiger charge is 2.10. The molecular formula is C14H14Br2ClNOS. The summed E-state index contributed by atoms with van der Waals surface area (Å²) in [6, 6.07) is 8.38. The van der Waals surface area contributed by atoms with E-state index < -0.39 is 0 Å². The molecule has 20 heavy (non-hydrogen) atoms. The molecular weight excluding hydrogens is 425 g/mol. The fraction of sp³-hybridized carbons (Fsp3) is 0.286. The lowest BCUT2D eigenvalue weighted by atomic mass is 10.2. The summed E-state index contributed by atoms with van der Waals surface area (Å²) < 4.78 is 8.01. The van der Waals surface area contributed by atoms with Crippen molar-refractivity contribution >= 4 is 54.8 Å². The SMILES string of the molecule is COc1c(Br)cc(CNC(C)c2ccc(Cl)s2)cc1Br. The normalized spacial score (nSPS) is 12.4. The first-order chi connectivity index (χ1) is 9.51. The quantitative estimate of drug-likeness (QED) is 0.637. The molecule has 1 atom stereocenters. The largest absolute Gasteiger partial charge is 0.494 e. The molecule has 2 aromatic rings. The van der Waals surface area contributed by atoms with Crippen LogP contribution < -0.4 is 10.1 Å². The molecule has 1 aromatic heterocycles. The molecule has 1 aromatic carbocycles. The Morgan fingerprint density at radius 1 is 1.30 bits per heavy atom. The summed E-state index contributed by atoms with van der Waals surface area (Å²) >= 11 is 14.6. The van der Waals surface area contributed by atoms with Crippen LogP contribution in [0, 0.1) is 0 Å². The van der Waals surface area contributed by atoms with Gasteiger partial charge in [-0.2, -0.15) is 0 Å². The molecule has 0 amide bonds. The number of halogens is 3. The van der Waals surface area contributed by atoms with Crippen LogP contribution in [0.3, 0.4) is 0 Å². The van der Waals surface area contributed by atoms with Gasteiger partial charge in [0.05, 0.1) is 20.4 Å². The number of benzene rings is 1. The van der Waals surface area contributed by atoms with E-state index in [4.69, 9.17) is 16.3 Å². The summed E-state index contributed by atoms with van der Waals surface area (Å²) in [5, 5.41) is 3.49. The minimum absolute atomic E-state index is 0.271. The smallest absolute Gasteiger partial charge is 0.147 e. The van der Waals surface area contributed by atoms with Gasteiger partial charge in [-0.3, -0.25) is 0 Å². The molecule has 0 aliphatic heterocycles. The maximum atomic E-state index is 5.96. The Kier molecular flexibility index (Phi) is 5.93. The van der Waals surface area contributed by atoms with Crippen LogP contribution in [0.25, 0.3) is 0 Å². The van der Waals surface area contributed by atoms with E-state index in [1.54, 1.807) is 18.4 Å². The van der Waals surface area contributed by atoms with E-state index in [0.717, 1.165) is 25.6 Å². The number of rotatable bonds is 5. The van der Waals surface area contributed by atoms with Crippen molar-refractivity contribution in [1.29, 1.82) is 0 Å². The van der Waals surface area contributed by atoms with Gasteiger partial charge in [0.2, 0.25) is 0 Å². The molecule has 0 spiro atoms. The van der Waals surface area contributed by atoms with Crippen LogP contribution in [0.4, 0.5) is 0 Å². The van der Waals surface area contributed by atoms with Crippen molar-refractivity contribution in [2.45, 2.75) is 19.5 Å². The first-order valence-corrected chi connectivity index (χ1v) is 8.80. The molecule has 1 heterocycles. The predicted molar refractivity (Wildman–Crippen MR) is 93.0 cm³/mol. The summed E-state index contributed by atoms with van der Waals surface area (Å²) in [6.07, 6.45) is 0. The van der Waals surface area contributed by atoms with Crippen LogP contribution in [0.2, 0.25) is 4.34 Å². The fourth-order valence-electron chi connectivity index (χ4n) is 1.84. The van der Waals surface area contributed by atoms with Crippen LogP contribution in [0.15, 0.2) is 33.2 Å². The van der Waals surface area contributed by atoms with Gasteiger partial charge in [0.15, 0.2) is 0 Å². The van der Waals surface area contributed by atoms with Gasteiger partial charge in [0.1, 0.15) is 5.75 Å². The van der Waals surface area contributed by atoms with E-state index in [1.807, 2.05) is 6.07 Å². The third kappa shape index (κ3) is 3.98. The highest BCUT2D eigenvalue weighted by Crippen LogP contribution is 2.34. The molecule has 0 bridgehead atoms. The van der Waals surface area contributed by atoms with Crippen molar-refractivity contribution in [3.63, 3.8) is 0 Å². The van der Waals surface area contributed by atoms with Gasteiger partial charge in [-0.25, -0.2) is 0 Å². The second kappa shape index (κ2) is 7.27. The molecule has 0 aliphatic carbocycles.